The molecule has 1 aliphatic heterocycles. The Morgan fingerprint density at radius 1 is 1.48 bits per heavy atom. The van der Waals surface area contributed by atoms with Crippen LogP contribution in [-0.4, -0.2) is 32.4 Å². The summed E-state index contributed by atoms with van der Waals surface area (Å²) in [7, 11) is 0. The van der Waals surface area contributed by atoms with E-state index < -0.39 is 4.92 Å². The summed E-state index contributed by atoms with van der Waals surface area (Å²) in [5, 5.41) is 14.9. The highest BCUT2D eigenvalue weighted by Gasteiger charge is 2.26. The number of nitro groups is 1. The molecule has 1 amide bonds. The second-order valence-electron chi connectivity index (χ2n) is 5.37. The van der Waals surface area contributed by atoms with E-state index in [1.54, 1.807) is 16.7 Å². The maximum absolute atomic E-state index is 12.6. The minimum absolute atomic E-state index is 0.00255. The molecule has 1 atom stereocenters. The van der Waals surface area contributed by atoms with Gasteiger partial charge in [0.2, 0.25) is 5.91 Å². The molecule has 0 fully saturated rings. The zero-order chi connectivity index (χ0) is 16.4. The minimum Gasteiger partial charge on any atom is -0.310 e. The molecule has 0 spiro atoms. The Hall–Kier alpha value is -2.35. The van der Waals surface area contributed by atoms with E-state index in [0.29, 0.717) is 18.3 Å². The molecule has 0 radical (unpaired) electrons. The van der Waals surface area contributed by atoms with Crippen LogP contribution in [0.4, 0.5) is 11.4 Å². The van der Waals surface area contributed by atoms with E-state index in [9.17, 15) is 14.9 Å². The number of para-hydroxylation sites is 1. The first kappa shape index (κ1) is 15.5. The van der Waals surface area contributed by atoms with Gasteiger partial charge in [0.25, 0.3) is 0 Å². The smallest absolute Gasteiger partial charge is 0.306 e. The SMILES string of the molecule is CC1CN(C(=O)CCn2cc([N+](=O)[O-])cn2)c2ccccc2S1. The van der Waals surface area contributed by atoms with Gasteiger partial charge in [-0.3, -0.25) is 19.6 Å². The maximum atomic E-state index is 12.6. The normalized spacial score (nSPS) is 16.9. The fourth-order valence-electron chi connectivity index (χ4n) is 2.54. The van der Waals surface area contributed by atoms with Gasteiger partial charge in [-0.05, 0) is 12.1 Å². The summed E-state index contributed by atoms with van der Waals surface area (Å²) in [6, 6.07) is 7.86. The van der Waals surface area contributed by atoms with Crippen LogP contribution in [0.2, 0.25) is 0 Å². The largest absolute Gasteiger partial charge is 0.310 e. The van der Waals surface area contributed by atoms with Gasteiger partial charge in [-0.1, -0.05) is 19.1 Å². The van der Waals surface area contributed by atoms with E-state index in [4.69, 9.17) is 0 Å². The molecule has 1 unspecified atom stereocenters. The molecule has 0 saturated heterocycles. The van der Waals surface area contributed by atoms with Crippen molar-refractivity contribution < 1.29 is 9.72 Å². The molecule has 0 N–H and O–H groups in total. The van der Waals surface area contributed by atoms with Crippen LogP contribution in [0.1, 0.15) is 13.3 Å². The Morgan fingerprint density at radius 3 is 3.00 bits per heavy atom. The Bertz CT molecular complexity index is 746. The van der Waals surface area contributed by atoms with Crippen LogP contribution in [0, 0.1) is 10.1 Å². The standard InChI is InChI=1S/C15H16N4O3S/c1-11-9-18(13-4-2-3-5-14(13)23-11)15(20)6-7-17-10-12(8-16-17)19(21)22/h2-5,8,10-11H,6-7,9H2,1H3. The molecule has 1 aliphatic rings. The van der Waals surface area contributed by atoms with Crippen molar-refractivity contribution in [2.75, 3.05) is 11.4 Å². The summed E-state index contributed by atoms with van der Waals surface area (Å²) < 4.78 is 1.43. The summed E-state index contributed by atoms with van der Waals surface area (Å²) in [6.45, 7) is 3.09. The first-order valence-corrected chi connectivity index (χ1v) is 8.15. The first-order valence-electron chi connectivity index (χ1n) is 7.27. The highest BCUT2D eigenvalue weighted by atomic mass is 32.2. The molecule has 7 nitrogen and oxygen atoms in total. The van der Waals surface area contributed by atoms with Crippen LogP contribution in [-0.2, 0) is 11.3 Å². The lowest BCUT2D eigenvalue weighted by Crippen LogP contribution is -2.38. The Labute approximate surface area is 137 Å². The number of nitrogens with zero attached hydrogens (tertiary/aromatic N) is 4. The van der Waals surface area contributed by atoms with Gasteiger partial charge < -0.3 is 4.90 Å². The van der Waals surface area contributed by atoms with E-state index in [0.717, 1.165) is 10.6 Å². The van der Waals surface area contributed by atoms with Crippen molar-refractivity contribution in [1.29, 1.82) is 0 Å². The molecule has 1 aromatic carbocycles. The molecular formula is C15H16N4O3S. The second kappa shape index (κ2) is 6.41. The summed E-state index contributed by atoms with van der Waals surface area (Å²) in [6.07, 6.45) is 2.79. The number of hydrogen-bond acceptors (Lipinski definition) is 5. The Morgan fingerprint density at radius 2 is 2.26 bits per heavy atom. The predicted octanol–water partition coefficient (Wildman–Crippen LogP) is 2.71. The van der Waals surface area contributed by atoms with E-state index in [1.165, 1.54) is 17.1 Å². The van der Waals surface area contributed by atoms with Gasteiger partial charge in [-0.2, -0.15) is 5.10 Å². The lowest BCUT2D eigenvalue weighted by atomic mass is 10.2. The number of aromatic nitrogens is 2. The Balaban J connectivity index is 1.69. The first-order chi connectivity index (χ1) is 11.0. The number of carbonyl (C=O) groups excluding carboxylic acids is 1. The molecule has 23 heavy (non-hydrogen) atoms. The fraction of sp³-hybridized carbons (Fsp3) is 0.333. The second-order valence-corrected chi connectivity index (χ2v) is 6.85. The van der Waals surface area contributed by atoms with Crippen LogP contribution in [0.3, 0.4) is 0 Å². The van der Waals surface area contributed by atoms with Crippen LogP contribution >= 0.6 is 11.8 Å². The monoisotopic (exact) mass is 332 g/mol. The van der Waals surface area contributed by atoms with Crippen LogP contribution in [0.15, 0.2) is 41.6 Å². The molecule has 3 rings (SSSR count). The third-order valence-corrected chi connectivity index (χ3v) is 4.76. The van der Waals surface area contributed by atoms with E-state index in [-0.39, 0.29) is 18.0 Å². The lowest BCUT2D eigenvalue weighted by Gasteiger charge is -2.32. The van der Waals surface area contributed by atoms with Gasteiger partial charge in [-0.25, -0.2) is 0 Å². The Kier molecular flexibility index (Phi) is 4.33. The van der Waals surface area contributed by atoms with Crippen molar-refractivity contribution in [2.24, 2.45) is 0 Å². The molecule has 2 heterocycles. The number of hydrogen-bond donors (Lipinski definition) is 0. The number of amides is 1. The summed E-state index contributed by atoms with van der Waals surface area (Å²) in [5.74, 6) is 0.00255. The quantitative estimate of drug-likeness (QED) is 0.635. The van der Waals surface area contributed by atoms with Gasteiger partial charge in [0, 0.05) is 29.7 Å². The number of rotatable bonds is 4. The number of anilines is 1. The topological polar surface area (TPSA) is 81.3 Å². The minimum atomic E-state index is -0.495. The molecule has 0 saturated carbocycles. The van der Waals surface area contributed by atoms with E-state index in [1.807, 2.05) is 24.3 Å². The number of carbonyl (C=O) groups is 1. The molecule has 0 aliphatic carbocycles. The number of fused-ring (bicyclic) bond motifs is 1. The van der Waals surface area contributed by atoms with Crippen LogP contribution in [0.5, 0.6) is 0 Å². The van der Waals surface area contributed by atoms with Gasteiger partial charge in [0.05, 0.1) is 10.6 Å². The van der Waals surface area contributed by atoms with Crippen molar-refractivity contribution in [2.45, 2.75) is 30.0 Å². The average Bonchev–Trinajstić information content (AvgIpc) is 3.01. The summed E-state index contributed by atoms with van der Waals surface area (Å²) in [5.41, 5.74) is 0.873. The zero-order valence-corrected chi connectivity index (χ0v) is 13.4. The number of benzene rings is 1. The van der Waals surface area contributed by atoms with Crippen LogP contribution < -0.4 is 4.90 Å². The molecule has 1 aromatic heterocycles. The van der Waals surface area contributed by atoms with Crippen molar-refractivity contribution in [1.82, 2.24) is 9.78 Å². The third-order valence-electron chi connectivity index (χ3n) is 3.61. The highest BCUT2D eigenvalue weighted by molar-refractivity contribution is 8.00. The van der Waals surface area contributed by atoms with E-state index in [2.05, 4.69) is 12.0 Å². The van der Waals surface area contributed by atoms with Gasteiger partial charge in [0.15, 0.2) is 0 Å². The summed E-state index contributed by atoms with van der Waals surface area (Å²) in [4.78, 5) is 25.6. The van der Waals surface area contributed by atoms with Crippen molar-refractivity contribution in [3.8, 4) is 0 Å². The molecule has 0 bridgehead atoms. The van der Waals surface area contributed by atoms with Crippen molar-refractivity contribution in [3.63, 3.8) is 0 Å². The van der Waals surface area contributed by atoms with Gasteiger partial charge in [-0.15, -0.1) is 11.8 Å². The molecule has 120 valence electrons. The highest BCUT2D eigenvalue weighted by Crippen LogP contribution is 2.38. The summed E-state index contributed by atoms with van der Waals surface area (Å²) >= 11 is 1.77. The average molecular weight is 332 g/mol. The van der Waals surface area contributed by atoms with Gasteiger partial charge in [0.1, 0.15) is 12.4 Å². The lowest BCUT2D eigenvalue weighted by molar-refractivity contribution is -0.385. The molecular weight excluding hydrogens is 316 g/mol. The number of thioether (sulfide) groups is 1. The predicted molar refractivity (Wildman–Crippen MR) is 87.6 cm³/mol. The molecule has 2 aromatic rings. The van der Waals surface area contributed by atoms with E-state index >= 15 is 0 Å². The zero-order valence-electron chi connectivity index (χ0n) is 12.6. The maximum Gasteiger partial charge on any atom is 0.306 e. The fourth-order valence-corrected chi connectivity index (χ4v) is 3.65. The molecule has 8 heteroatoms. The third kappa shape index (κ3) is 3.37. The number of aryl methyl sites for hydroxylation is 1. The van der Waals surface area contributed by atoms with Crippen molar-refractivity contribution >= 4 is 29.0 Å². The van der Waals surface area contributed by atoms with Gasteiger partial charge >= 0.3 is 5.69 Å². The van der Waals surface area contributed by atoms with Crippen molar-refractivity contribution in [3.05, 3.63) is 46.8 Å². The van der Waals surface area contributed by atoms with Crippen LogP contribution in [0.25, 0.3) is 0 Å².